The third kappa shape index (κ3) is 3.99. The average Bonchev–Trinajstić information content (AvgIpc) is 3.50. The molecule has 0 radical (unpaired) electrons. The van der Waals surface area contributed by atoms with Crippen LogP contribution >= 0.6 is 0 Å². The van der Waals surface area contributed by atoms with Gasteiger partial charge in [0.1, 0.15) is 18.0 Å². The van der Waals surface area contributed by atoms with Crippen molar-refractivity contribution in [1.82, 2.24) is 29.9 Å². The molecule has 3 atom stereocenters. The molecule has 1 aromatic carbocycles. The van der Waals surface area contributed by atoms with Gasteiger partial charge in [-0.15, -0.1) is 10.2 Å². The first-order valence-electron chi connectivity index (χ1n) is 12.9. The van der Waals surface area contributed by atoms with E-state index in [-0.39, 0.29) is 22.6 Å². The maximum atomic E-state index is 14.6. The van der Waals surface area contributed by atoms with E-state index in [9.17, 15) is 13.0 Å². The summed E-state index contributed by atoms with van der Waals surface area (Å²) in [6.07, 6.45) is 5.47. The molecule has 1 saturated carbocycles. The Balaban J connectivity index is 1.44. The zero-order chi connectivity index (χ0) is 27.7. The molecular weight excluding hydrogens is 518 g/mol. The van der Waals surface area contributed by atoms with Gasteiger partial charge in [-0.25, -0.2) is 23.4 Å². The standard InChI is InChI=1S/C29H30F2N6OS/c1-17-13-23(33-25(14-17)37-16-32-24(36-37)10-12-39(4,5)38)29-11-9-19(28(29,2)3)18-15-22(34-35-27(18)29)26-20(30)7-6-8-21(26)31/h6-8,13-16,19H,4,9-12H2,1-3,5H3/t19-,29-,39?/m0/s1. The molecule has 0 saturated heterocycles. The molecule has 6 rings (SSSR count). The quantitative estimate of drug-likeness (QED) is 0.322. The van der Waals surface area contributed by atoms with Gasteiger partial charge in [0.2, 0.25) is 0 Å². The summed E-state index contributed by atoms with van der Waals surface area (Å²) in [5.74, 6) is 4.17. The molecular formula is C29H30F2N6OS. The third-order valence-electron chi connectivity index (χ3n) is 8.53. The van der Waals surface area contributed by atoms with E-state index in [0.717, 1.165) is 35.4 Å². The summed E-state index contributed by atoms with van der Waals surface area (Å²) in [5.41, 5.74) is 2.96. The first kappa shape index (κ1) is 25.7. The van der Waals surface area contributed by atoms with Crippen LogP contribution in [0.5, 0.6) is 0 Å². The second-order valence-electron chi connectivity index (χ2n) is 11.5. The van der Waals surface area contributed by atoms with Crippen LogP contribution in [0.1, 0.15) is 60.9 Å². The van der Waals surface area contributed by atoms with Gasteiger partial charge in [0.05, 0.1) is 28.1 Å². The first-order valence-corrected chi connectivity index (χ1v) is 15.2. The molecule has 10 heteroatoms. The number of pyridine rings is 1. The molecule has 0 aliphatic heterocycles. The largest absolute Gasteiger partial charge is 0.268 e. The molecule has 202 valence electrons. The van der Waals surface area contributed by atoms with Crippen molar-refractivity contribution < 1.29 is 13.0 Å². The molecule has 2 aliphatic rings. The number of fused-ring (bicyclic) bond motifs is 5. The summed E-state index contributed by atoms with van der Waals surface area (Å²) in [6, 6.07) is 9.66. The zero-order valence-electron chi connectivity index (χ0n) is 22.4. The SMILES string of the molecule is C=S(C)(=O)CCc1ncn(-c2cc(C)cc([C@@]34CC[C@@H](c5cc(-c6c(F)cccc6F)nnc53)C4(C)C)n2)n1. The van der Waals surface area contributed by atoms with Crippen LogP contribution in [0.25, 0.3) is 17.1 Å². The topological polar surface area (TPSA) is 86.5 Å². The Morgan fingerprint density at radius 1 is 1.15 bits per heavy atom. The molecule has 3 heterocycles. The highest BCUT2D eigenvalue weighted by Crippen LogP contribution is 2.69. The van der Waals surface area contributed by atoms with Crippen molar-refractivity contribution in [3.63, 3.8) is 0 Å². The van der Waals surface area contributed by atoms with E-state index in [1.807, 2.05) is 19.1 Å². The molecule has 0 spiro atoms. The molecule has 3 aromatic heterocycles. The summed E-state index contributed by atoms with van der Waals surface area (Å²) in [5, 5.41) is 13.6. The molecule has 2 aliphatic carbocycles. The van der Waals surface area contributed by atoms with Crippen LogP contribution in [0, 0.1) is 24.0 Å². The van der Waals surface area contributed by atoms with Gasteiger partial charge in [-0.2, -0.15) is 5.10 Å². The van der Waals surface area contributed by atoms with Crippen LogP contribution in [0.4, 0.5) is 8.78 Å². The van der Waals surface area contributed by atoms with E-state index in [1.54, 1.807) is 17.3 Å². The number of nitrogens with zero attached hydrogens (tertiary/aromatic N) is 6. The van der Waals surface area contributed by atoms with E-state index in [4.69, 9.17) is 4.98 Å². The van der Waals surface area contributed by atoms with Gasteiger partial charge in [-0.05, 0) is 87.9 Å². The second kappa shape index (κ2) is 8.74. The molecule has 7 nitrogen and oxygen atoms in total. The Morgan fingerprint density at radius 3 is 2.62 bits per heavy atom. The predicted molar refractivity (Wildman–Crippen MR) is 148 cm³/mol. The summed E-state index contributed by atoms with van der Waals surface area (Å²) in [4.78, 5) is 9.48. The van der Waals surface area contributed by atoms with Crippen molar-refractivity contribution in [3.8, 4) is 17.1 Å². The zero-order valence-corrected chi connectivity index (χ0v) is 23.2. The number of aromatic nitrogens is 6. The van der Waals surface area contributed by atoms with Crippen LogP contribution in [0.3, 0.4) is 0 Å². The van der Waals surface area contributed by atoms with Gasteiger partial charge >= 0.3 is 0 Å². The minimum absolute atomic E-state index is 0.145. The number of rotatable bonds is 6. The number of halogens is 2. The fourth-order valence-corrected chi connectivity index (χ4v) is 7.19. The Hall–Kier alpha value is -3.53. The molecule has 2 bridgehead atoms. The lowest BCUT2D eigenvalue weighted by Gasteiger charge is -2.37. The van der Waals surface area contributed by atoms with Crippen molar-refractivity contribution >= 4 is 15.4 Å². The van der Waals surface area contributed by atoms with Crippen LogP contribution in [0.15, 0.2) is 42.7 Å². The van der Waals surface area contributed by atoms with Gasteiger partial charge in [-0.3, -0.25) is 4.21 Å². The van der Waals surface area contributed by atoms with E-state index in [2.05, 4.69) is 46.1 Å². The van der Waals surface area contributed by atoms with E-state index < -0.39 is 26.6 Å². The number of aryl methyl sites for hydroxylation is 2. The van der Waals surface area contributed by atoms with Crippen molar-refractivity contribution in [3.05, 3.63) is 82.7 Å². The fraction of sp³-hybridized carbons (Fsp3) is 0.379. The molecule has 4 aromatic rings. The second-order valence-corrected chi connectivity index (χ2v) is 14.3. The normalized spacial score (nSPS) is 22.6. The van der Waals surface area contributed by atoms with Crippen LogP contribution < -0.4 is 0 Å². The van der Waals surface area contributed by atoms with Gasteiger partial charge < -0.3 is 0 Å². The molecule has 39 heavy (non-hydrogen) atoms. The monoisotopic (exact) mass is 548 g/mol. The maximum Gasteiger partial charge on any atom is 0.155 e. The van der Waals surface area contributed by atoms with E-state index >= 15 is 0 Å². The van der Waals surface area contributed by atoms with Crippen molar-refractivity contribution in [2.75, 3.05) is 12.0 Å². The molecule has 0 N–H and O–H groups in total. The van der Waals surface area contributed by atoms with Crippen molar-refractivity contribution in [1.29, 1.82) is 0 Å². The van der Waals surface area contributed by atoms with Crippen LogP contribution in [-0.4, -0.2) is 52.0 Å². The molecule has 1 fully saturated rings. The summed E-state index contributed by atoms with van der Waals surface area (Å²) in [6.45, 7) is 6.45. The summed E-state index contributed by atoms with van der Waals surface area (Å²) in [7, 11) is -2.14. The highest BCUT2D eigenvalue weighted by molar-refractivity contribution is 7.99. The highest BCUT2D eigenvalue weighted by Gasteiger charge is 2.65. The minimum atomic E-state index is -2.14. The van der Waals surface area contributed by atoms with Crippen molar-refractivity contribution in [2.45, 2.75) is 51.4 Å². The van der Waals surface area contributed by atoms with E-state index in [1.165, 1.54) is 18.2 Å². The lowest BCUT2D eigenvalue weighted by molar-refractivity contribution is 0.242. The van der Waals surface area contributed by atoms with E-state index in [0.29, 0.717) is 23.8 Å². The van der Waals surface area contributed by atoms with Crippen molar-refractivity contribution in [2.24, 2.45) is 5.41 Å². The fourth-order valence-electron chi connectivity index (χ4n) is 6.57. The Labute approximate surface area is 226 Å². The maximum absolute atomic E-state index is 14.6. The Kier molecular flexibility index (Phi) is 5.77. The molecule has 1 unspecified atom stereocenters. The Bertz CT molecular complexity index is 1710. The first-order chi connectivity index (χ1) is 18.4. The lowest BCUT2D eigenvalue weighted by Crippen LogP contribution is -2.38. The number of hydrogen-bond acceptors (Lipinski definition) is 6. The number of benzene rings is 1. The minimum Gasteiger partial charge on any atom is -0.268 e. The predicted octanol–water partition coefficient (Wildman–Crippen LogP) is 4.80. The molecule has 0 amide bonds. The third-order valence-corrected chi connectivity index (χ3v) is 9.59. The lowest BCUT2D eigenvalue weighted by atomic mass is 9.66. The van der Waals surface area contributed by atoms with Crippen LogP contribution in [0.2, 0.25) is 0 Å². The smallest absolute Gasteiger partial charge is 0.155 e. The number of hydrogen-bond donors (Lipinski definition) is 0. The summed E-state index contributed by atoms with van der Waals surface area (Å²) < 4.78 is 42.8. The van der Waals surface area contributed by atoms with Gasteiger partial charge in [0, 0.05) is 18.4 Å². The van der Waals surface area contributed by atoms with Gasteiger partial charge in [0.15, 0.2) is 11.6 Å². The average molecular weight is 549 g/mol. The summed E-state index contributed by atoms with van der Waals surface area (Å²) >= 11 is 0. The highest BCUT2D eigenvalue weighted by atomic mass is 32.2. The Morgan fingerprint density at radius 2 is 1.90 bits per heavy atom. The van der Waals surface area contributed by atoms with Gasteiger partial charge in [0.25, 0.3) is 0 Å². The van der Waals surface area contributed by atoms with Crippen LogP contribution in [-0.2, 0) is 21.4 Å². The van der Waals surface area contributed by atoms with Gasteiger partial charge in [-0.1, -0.05) is 19.9 Å².